The highest BCUT2D eigenvalue weighted by Crippen LogP contribution is 2.41. The van der Waals surface area contributed by atoms with E-state index in [0.29, 0.717) is 19.3 Å². The van der Waals surface area contributed by atoms with Crippen molar-refractivity contribution < 1.29 is 23.6 Å². The van der Waals surface area contributed by atoms with Gasteiger partial charge >= 0.3 is 6.09 Å². The van der Waals surface area contributed by atoms with E-state index in [1.165, 1.54) is 12.2 Å². The molecule has 1 saturated carbocycles. The largest absolute Gasteiger partial charge is 0.444 e. The number of rotatable bonds is 5. The fraction of sp³-hybridized carbons (Fsp3) is 0.905. The first kappa shape index (κ1) is 25.9. The monoisotopic (exact) mass is 430 g/mol. The maximum absolute atomic E-state index is 12.7. The van der Waals surface area contributed by atoms with E-state index in [1.54, 1.807) is 19.0 Å². The van der Waals surface area contributed by atoms with Gasteiger partial charge in [0.1, 0.15) is 5.60 Å². The molecule has 29 heavy (non-hydrogen) atoms. The van der Waals surface area contributed by atoms with Gasteiger partial charge in [-0.25, -0.2) is 9.86 Å². The number of carbonyl (C=O) groups is 2. The predicted molar refractivity (Wildman–Crippen MR) is 117 cm³/mol. The topological polar surface area (TPSA) is 68.3 Å². The number of hydrogen-bond acceptors (Lipinski definition) is 5. The van der Waals surface area contributed by atoms with E-state index >= 15 is 0 Å². The van der Waals surface area contributed by atoms with E-state index < -0.39 is 13.9 Å². The molecule has 0 radical (unpaired) electrons. The van der Waals surface area contributed by atoms with E-state index in [-0.39, 0.29) is 35.1 Å². The number of likely N-dealkylation sites (N-methyl/N-ethyl adjacent to an activating group) is 1. The van der Waals surface area contributed by atoms with Gasteiger partial charge in [0.15, 0.2) is 8.32 Å². The van der Waals surface area contributed by atoms with Crippen LogP contribution in [0.3, 0.4) is 0 Å². The lowest BCUT2D eigenvalue weighted by Gasteiger charge is -2.46. The Hall–Kier alpha value is -1.12. The lowest BCUT2D eigenvalue weighted by molar-refractivity contribution is -0.176. The van der Waals surface area contributed by atoms with Crippen LogP contribution in [-0.4, -0.2) is 69.2 Å². The molecule has 1 rings (SSSR count). The second kappa shape index (κ2) is 9.35. The van der Waals surface area contributed by atoms with Gasteiger partial charge in [0.2, 0.25) is 5.91 Å². The predicted octanol–water partition coefficient (Wildman–Crippen LogP) is 4.43. The highest BCUT2D eigenvalue weighted by atomic mass is 28.4. The van der Waals surface area contributed by atoms with Gasteiger partial charge in [-0.05, 0) is 58.2 Å². The van der Waals surface area contributed by atoms with Crippen molar-refractivity contribution in [3.8, 4) is 0 Å². The summed E-state index contributed by atoms with van der Waals surface area (Å²) >= 11 is 0. The van der Waals surface area contributed by atoms with Crippen LogP contribution < -0.4 is 0 Å². The summed E-state index contributed by atoms with van der Waals surface area (Å²) < 4.78 is 12.3. The molecule has 0 aromatic rings. The van der Waals surface area contributed by atoms with Gasteiger partial charge in [-0.2, -0.15) is 0 Å². The molecule has 0 N–H and O–H groups in total. The molecule has 0 aromatic heterocycles. The maximum Gasteiger partial charge on any atom is 0.410 e. The van der Waals surface area contributed by atoms with Gasteiger partial charge in [0.25, 0.3) is 0 Å². The van der Waals surface area contributed by atoms with Crippen LogP contribution in [0.2, 0.25) is 18.1 Å². The number of amides is 2. The fourth-order valence-electron chi connectivity index (χ4n) is 3.28. The Labute approximate surface area is 178 Å². The smallest absolute Gasteiger partial charge is 0.410 e. The van der Waals surface area contributed by atoms with Crippen LogP contribution in [0.1, 0.15) is 60.8 Å². The Bertz CT molecular complexity index is 583. The van der Waals surface area contributed by atoms with Crippen molar-refractivity contribution in [3.63, 3.8) is 0 Å². The van der Waals surface area contributed by atoms with E-state index in [4.69, 9.17) is 14.0 Å². The van der Waals surface area contributed by atoms with E-state index in [1.807, 2.05) is 20.8 Å². The minimum Gasteiger partial charge on any atom is -0.444 e. The molecule has 0 spiro atoms. The molecule has 0 aliphatic heterocycles. The third kappa shape index (κ3) is 6.96. The van der Waals surface area contributed by atoms with Crippen molar-refractivity contribution in [1.82, 2.24) is 9.96 Å². The summed E-state index contributed by atoms with van der Waals surface area (Å²) in [5.41, 5.74) is -0.560. The van der Waals surface area contributed by atoms with Crippen molar-refractivity contribution in [2.24, 2.45) is 5.92 Å². The highest BCUT2D eigenvalue weighted by molar-refractivity contribution is 6.74. The molecule has 0 unspecified atom stereocenters. The summed E-state index contributed by atoms with van der Waals surface area (Å²) in [7, 11) is 2.79. The molecule has 0 heterocycles. The molecule has 7 nitrogen and oxygen atoms in total. The van der Waals surface area contributed by atoms with Crippen LogP contribution in [0.5, 0.6) is 0 Å². The average molecular weight is 431 g/mol. The molecule has 0 saturated heterocycles. The van der Waals surface area contributed by atoms with Crippen LogP contribution in [0, 0.1) is 5.92 Å². The highest BCUT2D eigenvalue weighted by Gasteiger charge is 2.45. The molecule has 1 aliphatic carbocycles. The van der Waals surface area contributed by atoms with E-state index in [2.05, 4.69) is 33.9 Å². The van der Waals surface area contributed by atoms with Crippen molar-refractivity contribution >= 4 is 20.3 Å². The number of nitrogens with zero attached hydrogens (tertiary/aromatic N) is 2. The Morgan fingerprint density at radius 1 is 1.00 bits per heavy atom. The van der Waals surface area contributed by atoms with E-state index in [9.17, 15) is 9.59 Å². The molecular weight excluding hydrogens is 388 g/mol. The first-order chi connectivity index (χ1) is 13.0. The van der Waals surface area contributed by atoms with Crippen LogP contribution in [0.15, 0.2) is 0 Å². The summed E-state index contributed by atoms with van der Waals surface area (Å²) in [6.45, 7) is 16.5. The SMILES string of the molecule is CON(C)C(=O)[C@H]1CC[C@@H](N(C)C(=O)OC(C)(C)C)[C@@H](O[Si](C)(C)C(C)(C)C)C1. The zero-order valence-corrected chi connectivity index (χ0v) is 21.3. The number of ether oxygens (including phenoxy) is 1. The minimum absolute atomic E-state index is 0.0301. The lowest BCUT2D eigenvalue weighted by Crippen LogP contribution is -2.56. The van der Waals surface area contributed by atoms with Crippen molar-refractivity contribution in [2.45, 2.75) is 96.7 Å². The molecule has 1 fully saturated rings. The van der Waals surface area contributed by atoms with Crippen LogP contribution in [0.25, 0.3) is 0 Å². The Balaban J connectivity index is 3.10. The van der Waals surface area contributed by atoms with Gasteiger partial charge in [0.05, 0.1) is 19.3 Å². The number of carbonyl (C=O) groups excluding carboxylic acids is 2. The number of hydrogen-bond donors (Lipinski definition) is 0. The van der Waals surface area contributed by atoms with Crippen LogP contribution in [0.4, 0.5) is 4.79 Å². The molecular formula is C21H42N2O5Si. The van der Waals surface area contributed by atoms with E-state index in [0.717, 1.165) is 0 Å². The van der Waals surface area contributed by atoms with Crippen molar-refractivity contribution in [2.75, 3.05) is 21.2 Å². The number of hydroxylamine groups is 2. The lowest BCUT2D eigenvalue weighted by atomic mass is 9.83. The summed E-state index contributed by atoms with van der Waals surface area (Å²) in [6, 6.07) is -0.129. The zero-order chi connectivity index (χ0) is 22.8. The first-order valence-electron chi connectivity index (χ1n) is 10.5. The van der Waals surface area contributed by atoms with Crippen molar-refractivity contribution in [3.05, 3.63) is 0 Å². The maximum atomic E-state index is 12.7. The molecule has 0 aromatic carbocycles. The second-order valence-electron chi connectivity index (χ2n) is 10.6. The van der Waals surface area contributed by atoms with Gasteiger partial charge in [0, 0.05) is 20.0 Å². The first-order valence-corrected chi connectivity index (χ1v) is 13.4. The molecule has 1 aliphatic rings. The van der Waals surface area contributed by atoms with Gasteiger partial charge < -0.3 is 14.1 Å². The quantitative estimate of drug-likeness (QED) is 0.477. The van der Waals surface area contributed by atoms with Gasteiger partial charge in [-0.1, -0.05) is 20.8 Å². The third-order valence-electron chi connectivity index (χ3n) is 6.12. The van der Waals surface area contributed by atoms with Crippen molar-refractivity contribution in [1.29, 1.82) is 0 Å². The summed E-state index contributed by atoms with van der Waals surface area (Å²) in [6.07, 6.45) is 1.35. The van der Waals surface area contributed by atoms with Crippen LogP contribution >= 0.6 is 0 Å². The molecule has 3 atom stereocenters. The minimum atomic E-state index is -2.10. The zero-order valence-electron chi connectivity index (χ0n) is 20.3. The standard InChI is InChI=1S/C21H42N2O5Si/c1-20(2,3)27-19(25)22(7)16-13-12-15(18(24)23(8)26-9)14-17(16)28-29(10,11)21(4,5)6/h15-17H,12-14H2,1-11H3/t15-,16+,17-/m0/s1. The summed E-state index contributed by atoms with van der Waals surface area (Å²) in [5, 5.41) is 1.31. The Morgan fingerprint density at radius 2 is 1.55 bits per heavy atom. The molecule has 2 amide bonds. The normalized spacial score (nSPS) is 23.5. The second-order valence-corrected chi connectivity index (χ2v) is 15.4. The Morgan fingerprint density at radius 3 is 2.00 bits per heavy atom. The summed E-state index contributed by atoms with van der Waals surface area (Å²) in [5.74, 6) is -0.229. The fourth-order valence-corrected chi connectivity index (χ4v) is 4.64. The molecule has 0 bridgehead atoms. The average Bonchev–Trinajstić information content (AvgIpc) is 2.56. The van der Waals surface area contributed by atoms with Crippen LogP contribution in [-0.2, 0) is 18.8 Å². The molecule has 8 heteroatoms. The third-order valence-corrected chi connectivity index (χ3v) is 10.6. The van der Waals surface area contributed by atoms with Gasteiger partial charge in [-0.3, -0.25) is 9.63 Å². The van der Waals surface area contributed by atoms with Gasteiger partial charge in [-0.15, -0.1) is 0 Å². The summed E-state index contributed by atoms with van der Waals surface area (Å²) in [4.78, 5) is 32.1. The molecule has 170 valence electrons. The Kier molecular flexibility index (Phi) is 8.35.